The molecular weight excluding hydrogens is 386 g/mol. The van der Waals surface area contributed by atoms with Crippen LogP contribution in [0, 0.1) is 0 Å². The van der Waals surface area contributed by atoms with Crippen molar-refractivity contribution >= 4 is 29.6 Å². The molecule has 1 heterocycles. The monoisotopic (exact) mass is 404 g/mol. The minimum absolute atomic E-state index is 0.286. The molecule has 4 rings (SSSR count). The van der Waals surface area contributed by atoms with Crippen LogP contribution in [0.15, 0.2) is 84.9 Å². The van der Waals surface area contributed by atoms with Gasteiger partial charge in [-0.15, -0.1) is 10.1 Å². The first-order chi connectivity index (χ1) is 14.1. The van der Waals surface area contributed by atoms with Gasteiger partial charge in [-0.25, -0.2) is 0 Å². The largest absolute Gasteiger partial charge is 0.334 e. The summed E-state index contributed by atoms with van der Waals surface area (Å²) >= 11 is 6.29. The Morgan fingerprint density at radius 2 is 1.55 bits per heavy atom. The molecule has 1 aliphatic rings. The van der Waals surface area contributed by atoms with E-state index in [4.69, 9.17) is 11.6 Å². The fourth-order valence-electron chi connectivity index (χ4n) is 3.37. The average molecular weight is 405 g/mol. The number of carbonyl (C=O) groups excluding carboxylic acids is 2. The Bertz CT molecular complexity index is 1070. The Morgan fingerprint density at radius 1 is 0.931 bits per heavy atom. The summed E-state index contributed by atoms with van der Waals surface area (Å²) in [5.74, 6) is -0.585. The molecule has 0 saturated carbocycles. The van der Waals surface area contributed by atoms with E-state index < -0.39 is 12.1 Å². The van der Waals surface area contributed by atoms with Crippen LogP contribution in [0.5, 0.6) is 0 Å². The second-order valence-electron chi connectivity index (χ2n) is 6.71. The van der Waals surface area contributed by atoms with Crippen molar-refractivity contribution in [1.29, 1.82) is 0 Å². The van der Waals surface area contributed by atoms with E-state index in [9.17, 15) is 9.59 Å². The molecule has 1 saturated heterocycles. The van der Waals surface area contributed by atoms with E-state index >= 15 is 0 Å². The lowest BCUT2D eigenvalue weighted by Gasteiger charge is -2.14. The minimum Gasteiger partial charge on any atom is -0.334 e. The molecule has 3 aromatic carbocycles. The Labute approximate surface area is 173 Å². The Balaban J connectivity index is 1.71. The van der Waals surface area contributed by atoms with Gasteiger partial charge in [0.05, 0.1) is 10.6 Å². The molecule has 2 amide bonds. The lowest BCUT2D eigenvalue weighted by molar-refractivity contribution is -0.596. The number of amides is 2. The molecule has 3 aromatic rings. The third-order valence-electron chi connectivity index (χ3n) is 4.78. The van der Waals surface area contributed by atoms with Crippen molar-refractivity contribution < 1.29 is 14.3 Å². The molecule has 2 N–H and O–H groups in total. The summed E-state index contributed by atoms with van der Waals surface area (Å²) in [7, 11) is 0. The van der Waals surface area contributed by atoms with Crippen LogP contribution >= 0.6 is 11.6 Å². The Kier molecular flexibility index (Phi) is 5.40. The van der Waals surface area contributed by atoms with Crippen molar-refractivity contribution in [2.75, 3.05) is 0 Å². The van der Waals surface area contributed by atoms with Crippen LogP contribution in [0.2, 0.25) is 5.02 Å². The van der Waals surface area contributed by atoms with E-state index in [1.165, 1.54) is 0 Å². The number of nitrogens with one attached hydrogen (secondary N) is 2. The highest BCUT2D eigenvalue weighted by atomic mass is 35.5. The summed E-state index contributed by atoms with van der Waals surface area (Å²) in [5, 5.41) is 3.45. The van der Waals surface area contributed by atoms with Gasteiger partial charge in [-0.05, 0) is 24.3 Å². The summed E-state index contributed by atoms with van der Waals surface area (Å²) in [5.41, 5.74) is 5.02. The normalized spacial score (nSPS) is 19.8. The zero-order valence-corrected chi connectivity index (χ0v) is 16.2. The van der Waals surface area contributed by atoms with E-state index in [0.717, 1.165) is 11.1 Å². The minimum atomic E-state index is -0.760. The number of benzene rings is 3. The molecule has 2 atom stereocenters. The third-order valence-corrected chi connectivity index (χ3v) is 5.13. The number of hydrazine groups is 1. The number of hydrogen-bond donors (Lipinski definition) is 2. The highest BCUT2D eigenvalue weighted by Gasteiger charge is 2.47. The molecule has 1 fully saturated rings. The van der Waals surface area contributed by atoms with E-state index in [2.05, 4.69) is 10.7 Å². The number of hydrogen-bond acceptors (Lipinski definition) is 2. The number of carbonyl (C=O) groups is 2. The summed E-state index contributed by atoms with van der Waals surface area (Å²) in [6.07, 6.45) is 1.78. The molecule has 0 spiro atoms. The van der Waals surface area contributed by atoms with Crippen LogP contribution in [0.4, 0.5) is 0 Å². The predicted molar refractivity (Wildman–Crippen MR) is 112 cm³/mol. The van der Waals surface area contributed by atoms with Gasteiger partial charge < -0.3 is 5.32 Å². The van der Waals surface area contributed by atoms with Crippen LogP contribution in [-0.2, 0) is 4.79 Å². The first-order valence-corrected chi connectivity index (χ1v) is 9.60. The molecule has 0 aliphatic carbocycles. The quantitative estimate of drug-likeness (QED) is 0.655. The molecule has 0 aromatic heterocycles. The van der Waals surface area contributed by atoms with Crippen LogP contribution in [0.25, 0.3) is 0 Å². The van der Waals surface area contributed by atoms with Crippen LogP contribution in [-0.4, -0.2) is 28.8 Å². The highest BCUT2D eigenvalue weighted by molar-refractivity contribution is 6.32. The van der Waals surface area contributed by atoms with Gasteiger partial charge >= 0.3 is 5.91 Å². The van der Waals surface area contributed by atoms with Crippen molar-refractivity contribution in [1.82, 2.24) is 10.7 Å². The van der Waals surface area contributed by atoms with Crippen molar-refractivity contribution in [2.45, 2.75) is 12.1 Å². The maximum absolute atomic E-state index is 12.8. The Morgan fingerprint density at radius 3 is 2.24 bits per heavy atom. The standard InChI is InChI=1S/C23H18ClN3O2/c24-19-14-8-7-13-18(19)15-27-21(16-9-3-1-4-10-16)20(23(29)26-27)25-22(28)17-11-5-2-6-12-17/h1-15,20-21H,(H-,25,26,28,29)/p+1/b27-15-/t20-,21-/m1/s1. The molecule has 5 nitrogen and oxygen atoms in total. The van der Waals surface area contributed by atoms with E-state index in [0.29, 0.717) is 10.6 Å². The Hall–Kier alpha value is -3.44. The molecule has 0 radical (unpaired) electrons. The first-order valence-electron chi connectivity index (χ1n) is 9.22. The summed E-state index contributed by atoms with van der Waals surface area (Å²) in [6, 6.07) is 24.6. The van der Waals surface area contributed by atoms with E-state index in [-0.39, 0.29) is 11.8 Å². The molecule has 29 heavy (non-hydrogen) atoms. The second kappa shape index (κ2) is 8.29. The number of rotatable bonds is 4. The molecule has 0 bridgehead atoms. The lowest BCUT2D eigenvalue weighted by Crippen LogP contribution is -2.42. The zero-order valence-electron chi connectivity index (χ0n) is 15.5. The highest BCUT2D eigenvalue weighted by Crippen LogP contribution is 2.26. The molecule has 1 aliphatic heterocycles. The number of hydrazone groups is 1. The summed E-state index contributed by atoms with van der Waals surface area (Å²) in [4.78, 5) is 25.5. The van der Waals surface area contributed by atoms with Crippen LogP contribution in [0.1, 0.15) is 27.5 Å². The smallest absolute Gasteiger partial charge is 0.304 e. The van der Waals surface area contributed by atoms with Crippen molar-refractivity contribution in [3.8, 4) is 0 Å². The van der Waals surface area contributed by atoms with Crippen molar-refractivity contribution in [3.05, 3.63) is 107 Å². The second-order valence-corrected chi connectivity index (χ2v) is 7.11. The van der Waals surface area contributed by atoms with Gasteiger partial charge in [-0.2, -0.15) is 0 Å². The van der Waals surface area contributed by atoms with Gasteiger partial charge in [0.25, 0.3) is 5.91 Å². The summed E-state index contributed by atoms with van der Waals surface area (Å²) < 4.78 is 1.70. The molecule has 0 unspecified atom stereocenters. The zero-order chi connectivity index (χ0) is 20.2. The van der Waals surface area contributed by atoms with E-state index in [1.54, 1.807) is 41.2 Å². The molecule has 6 heteroatoms. The maximum atomic E-state index is 12.8. The van der Waals surface area contributed by atoms with Gasteiger partial charge in [-0.3, -0.25) is 9.59 Å². The van der Waals surface area contributed by atoms with Crippen molar-refractivity contribution in [3.63, 3.8) is 0 Å². The lowest BCUT2D eigenvalue weighted by atomic mass is 10.00. The topological polar surface area (TPSA) is 61.2 Å². The van der Waals surface area contributed by atoms with E-state index in [1.807, 2.05) is 54.6 Å². The average Bonchev–Trinajstić information content (AvgIpc) is 3.05. The van der Waals surface area contributed by atoms with Crippen molar-refractivity contribution in [2.24, 2.45) is 0 Å². The number of halogens is 1. The predicted octanol–water partition coefficient (Wildman–Crippen LogP) is 3.36. The van der Waals surface area contributed by atoms with Gasteiger partial charge in [0.2, 0.25) is 12.3 Å². The molecule has 144 valence electrons. The van der Waals surface area contributed by atoms with Gasteiger partial charge in [0.1, 0.15) is 0 Å². The number of nitrogens with zero attached hydrogens (tertiary/aromatic N) is 1. The maximum Gasteiger partial charge on any atom is 0.304 e. The fourth-order valence-corrected chi connectivity index (χ4v) is 3.56. The van der Waals surface area contributed by atoms with Gasteiger partial charge in [-0.1, -0.05) is 72.3 Å². The first kappa shape index (κ1) is 18.9. The third kappa shape index (κ3) is 4.05. The summed E-state index contributed by atoms with van der Waals surface area (Å²) in [6.45, 7) is 0. The van der Waals surface area contributed by atoms with Crippen LogP contribution < -0.4 is 10.7 Å². The SMILES string of the molecule is O=C(N[C@H]1C(=O)N/[N+](=C\c2ccccc2Cl)[C@@H]1c1ccccc1)c1ccccc1. The van der Waals surface area contributed by atoms with Crippen LogP contribution in [0.3, 0.4) is 0 Å². The van der Waals surface area contributed by atoms with Gasteiger partial charge in [0, 0.05) is 11.1 Å². The molecular formula is C23H19ClN3O2+. The fraction of sp³-hybridized carbons (Fsp3) is 0.0870. The van der Waals surface area contributed by atoms with Gasteiger partial charge in [0.15, 0.2) is 6.04 Å².